The Kier molecular flexibility index (Phi) is 3.89. The van der Waals surface area contributed by atoms with Crippen LogP contribution in [0.3, 0.4) is 0 Å². The summed E-state index contributed by atoms with van der Waals surface area (Å²) in [6.07, 6.45) is 5.46. The lowest BCUT2D eigenvalue weighted by Crippen LogP contribution is -2.31. The van der Waals surface area contributed by atoms with Crippen molar-refractivity contribution >= 4 is 34.8 Å². The van der Waals surface area contributed by atoms with Crippen LogP contribution < -0.4 is 10.5 Å². The van der Waals surface area contributed by atoms with Crippen molar-refractivity contribution in [2.75, 3.05) is 4.90 Å². The Morgan fingerprint density at radius 3 is 2.46 bits per heavy atom. The summed E-state index contributed by atoms with van der Waals surface area (Å²) < 4.78 is 3.23. The summed E-state index contributed by atoms with van der Waals surface area (Å²) in [5.41, 5.74) is 2.63. The number of amides is 1. The summed E-state index contributed by atoms with van der Waals surface area (Å²) in [6.45, 7) is 0. The van der Waals surface area contributed by atoms with Crippen LogP contribution in [0.25, 0.3) is 0 Å². The monoisotopic (exact) mass is 414 g/mol. The number of aryl methyl sites for hydroxylation is 1. The first-order valence-corrected chi connectivity index (χ1v) is 9.74. The average molecular weight is 415 g/mol. The molecule has 3 aromatic rings. The van der Waals surface area contributed by atoms with E-state index in [0.717, 1.165) is 24.0 Å². The van der Waals surface area contributed by atoms with Gasteiger partial charge in [0.1, 0.15) is 10.7 Å². The highest BCUT2D eigenvalue weighted by Gasteiger charge is 2.44. The van der Waals surface area contributed by atoms with Crippen molar-refractivity contribution in [2.45, 2.75) is 24.9 Å². The number of hydrogen-bond acceptors (Lipinski definition) is 3. The molecule has 142 valence electrons. The van der Waals surface area contributed by atoms with Gasteiger partial charge in [-0.25, -0.2) is 0 Å². The minimum Gasteiger partial charge on any atom is -0.315 e. The van der Waals surface area contributed by atoms with E-state index in [0.29, 0.717) is 16.4 Å². The van der Waals surface area contributed by atoms with Gasteiger partial charge >= 0.3 is 0 Å². The molecule has 2 aromatic heterocycles. The fourth-order valence-corrected chi connectivity index (χ4v) is 4.16. The number of fused-ring (bicyclic) bond motifs is 1. The molecule has 1 aromatic carbocycles. The Labute approximate surface area is 170 Å². The molecule has 28 heavy (non-hydrogen) atoms. The van der Waals surface area contributed by atoms with Crippen LogP contribution in [0.1, 0.15) is 46.5 Å². The zero-order valence-corrected chi connectivity index (χ0v) is 16.5. The molecule has 1 atom stereocenters. The molecule has 5 rings (SSSR count). The van der Waals surface area contributed by atoms with E-state index >= 15 is 0 Å². The molecule has 1 aliphatic carbocycles. The van der Waals surface area contributed by atoms with Gasteiger partial charge in [0.15, 0.2) is 0 Å². The zero-order chi connectivity index (χ0) is 19.6. The maximum absolute atomic E-state index is 13.5. The Bertz CT molecular complexity index is 1140. The summed E-state index contributed by atoms with van der Waals surface area (Å²) >= 11 is 12.2. The topological polar surface area (TPSA) is 60.1 Å². The van der Waals surface area contributed by atoms with Gasteiger partial charge in [0, 0.05) is 23.8 Å². The van der Waals surface area contributed by atoms with Crippen molar-refractivity contribution in [1.29, 1.82) is 0 Å². The molecule has 1 aliphatic heterocycles. The van der Waals surface area contributed by atoms with E-state index in [1.165, 1.54) is 4.57 Å². The van der Waals surface area contributed by atoms with Crippen molar-refractivity contribution in [3.63, 3.8) is 0 Å². The first-order chi connectivity index (χ1) is 13.5. The number of benzene rings is 1. The Balaban J connectivity index is 1.71. The van der Waals surface area contributed by atoms with E-state index in [-0.39, 0.29) is 28.6 Å². The van der Waals surface area contributed by atoms with Gasteiger partial charge in [-0.3, -0.25) is 19.2 Å². The number of nitrogens with zero attached hydrogens (tertiary/aromatic N) is 4. The maximum Gasteiger partial charge on any atom is 0.277 e. The van der Waals surface area contributed by atoms with Crippen LogP contribution in [0.2, 0.25) is 10.0 Å². The van der Waals surface area contributed by atoms with Gasteiger partial charge in [0.25, 0.3) is 11.5 Å². The number of carbonyl (C=O) groups excluding carboxylic acids is 1. The van der Waals surface area contributed by atoms with Gasteiger partial charge in [0.2, 0.25) is 0 Å². The number of carbonyl (C=O) groups is 1. The van der Waals surface area contributed by atoms with Crippen molar-refractivity contribution in [2.24, 2.45) is 7.05 Å². The molecule has 0 N–H and O–H groups in total. The van der Waals surface area contributed by atoms with E-state index in [1.54, 1.807) is 42.5 Å². The van der Waals surface area contributed by atoms with Crippen LogP contribution in [-0.4, -0.2) is 20.3 Å². The third-order valence-electron chi connectivity index (χ3n) is 5.28. The summed E-state index contributed by atoms with van der Waals surface area (Å²) in [4.78, 5) is 27.2. The number of hydrogen-bond donors (Lipinski definition) is 0. The SMILES string of the molecule is Cn1cc(N2C(=O)c3c(cnn3C3CC3)C2c2ccc(Cl)cc2)cc(Cl)c1=O. The Morgan fingerprint density at radius 2 is 1.82 bits per heavy atom. The summed E-state index contributed by atoms with van der Waals surface area (Å²) in [7, 11) is 1.62. The number of pyridine rings is 1. The number of aromatic nitrogens is 3. The van der Waals surface area contributed by atoms with Crippen molar-refractivity contribution in [3.8, 4) is 0 Å². The molecule has 6 nitrogen and oxygen atoms in total. The fraction of sp³-hybridized carbons (Fsp3) is 0.250. The highest BCUT2D eigenvalue weighted by Crippen LogP contribution is 2.45. The minimum absolute atomic E-state index is 0.0717. The third-order valence-corrected chi connectivity index (χ3v) is 5.80. The summed E-state index contributed by atoms with van der Waals surface area (Å²) in [5.74, 6) is -0.144. The van der Waals surface area contributed by atoms with Gasteiger partial charge in [-0.15, -0.1) is 0 Å². The van der Waals surface area contributed by atoms with E-state index in [4.69, 9.17) is 23.2 Å². The van der Waals surface area contributed by atoms with Crippen LogP contribution in [-0.2, 0) is 7.05 Å². The van der Waals surface area contributed by atoms with Crippen LogP contribution >= 0.6 is 23.2 Å². The Morgan fingerprint density at radius 1 is 1.11 bits per heavy atom. The van der Waals surface area contributed by atoms with Crippen LogP contribution in [0, 0.1) is 0 Å². The first kappa shape index (κ1) is 17.5. The number of halogens is 2. The van der Waals surface area contributed by atoms with Gasteiger partial charge in [-0.2, -0.15) is 5.10 Å². The van der Waals surface area contributed by atoms with Gasteiger partial charge in [-0.05, 0) is 36.6 Å². The molecule has 0 radical (unpaired) electrons. The molecule has 1 amide bonds. The molecule has 2 aliphatic rings. The van der Waals surface area contributed by atoms with Crippen LogP contribution in [0.5, 0.6) is 0 Å². The minimum atomic E-state index is -0.360. The molecule has 3 heterocycles. The number of rotatable bonds is 3. The molecular weight excluding hydrogens is 399 g/mol. The molecule has 1 saturated carbocycles. The van der Waals surface area contributed by atoms with E-state index < -0.39 is 0 Å². The quantitative estimate of drug-likeness (QED) is 0.651. The lowest BCUT2D eigenvalue weighted by molar-refractivity contribution is 0.0983. The second-order valence-corrected chi connectivity index (χ2v) is 8.06. The normalized spacial score (nSPS) is 18.6. The molecule has 1 unspecified atom stereocenters. The largest absolute Gasteiger partial charge is 0.315 e. The Hall–Kier alpha value is -2.57. The smallest absolute Gasteiger partial charge is 0.277 e. The van der Waals surface area contributed by atoms with Crippen molar-refractivity contribution in [3.05, 3.63) is 79.9 Å². The highest BCUT2D eigenvalue weighted by molar-refractivity contribution is 6.31. The van der Waals surface area contributed by atoms with Crippen LogP contribution in [0.15, 0.2) is 47.5 Å². The standard InChI is InChI=1S/C20H16Cl2N4O2/c1-24-10-14(8-16(22)19(24)27)25-17(11-2-4-12(21)5-3-11)15-9-23-26(13-6-7-13)18(15)20(25)28/h2-5,8-10,13,17H,6-7H2,1H3. The molecule has 8 heteroatoms. The van der Waals surface area contributed by atoms with E-state index in [2.05, 4.69) is 5.10 Å². The maximum atomic E-state index is 13.5. The lowest BCUT2D eigenvalue weighted by atomic mass is 10.0. The predicted octanol–water partition coefficient (Wildman–Crippen LogP) is 3.97. The molecule has 0 bridgehead atoms. The highest BCUT2D eigenvalue weighted by atomic mass is 35.5. The fourth-order valence-electron chi connectivity index (χ4n) is 3.79. The van der Waals surface area contributed by atoms with E-state index in [9.17, 15) is 9.59 Å². The average Bonchev–Trinajstić information content (AvgIpc) is 3.35. The van der Waals surface area contributed by atoms with Gasteiger partial charge < -0.3 is 4.57 Å². The van der Waals surface area contributed by atoms with Crippen molar-refractivity contribution in [1.82, 2.24) is 14.3 Å². The van der Waals surface area contributed by atoms with E-state index in [1.807, 2.05) is 16.8 Å². The lowest BCUT2D eigenvalue weighted by Gasteiger charge is -2.26. The second kappa shape index (κ2) is 6.22. The summed E-state index contributed by atoms with van der Waals surface area (Å²) in [5, 5.41) is 5.18. The molecule has 0 spiro atoms. The predicted molar refractivity (Wildman–Crippen MR) is 107 cm³/mol. The first-order valence-electron chi connectivity index (χ1n) is 8.98. The molecular formula is C20H16Cl2N4O2. The summed E-state index contributed by atoms with van der Waals surface area (Å²) in [6, 6.07) is 8.88. The van der Waals surface area contributed by atoms with Gasteiger partial charge in [-0.1, -0.05) is 35.3 Å². The van der Waals surface area contributed by atoms with Crippen LogP contribution in [0.4, 0.5) is 5.69 Å². The molecule has 0 saturated heterocycles. The number of anilines is 1. The zero-order valence-electron chi connectivity index (χ0n) is 15.0. The molecule has 1 fully saturated rings. The van der Waals surface area contributed by atoms with Gasteiger partial charge in [0.05, 0.1) is 24.0 Å². The van der Waals surface area contributed by atoms with Crippen molar-refractivity contribution < 1.29 is 4.79 Å². The third kappa shape index (κ3) is 2.59. The second-order valence-electron chi connectivity index (χ2n) is 7.22.